The van der Waals surface area contributed by atoms with Crippen molar-refractivity contribution in [2.45, 2.75) is 53.9 Å². The van der Waals surface area contributed by atoms with Gasteiger partial charge in [-0.05, 0) is 184 Å². The molecule has 106 heavy (non-hydrogen) atoms. The van der Waals surface area contributed by atoms with Crippen LogP contribution in [0.1, 0.15) is 44.5 Å². The first kappa shape index (κ1) is 66.1. The number of halogens is 6. The predicted molar refractivity (Wildman–Crippen MR) is 423 cm³/mol. The summed E-state index contributed by atoms with van der Waals surface area (Å²) in [5, 5.41) is 8.60. The minimum Gasteiger partial charge on any atom is -0.310 e. The fourth-order valence-corrected chi connectivity index (χ4v) is 16.0. The summed E-state index contributed by atoms with van der Waals surface area (Å²) in [7, 11) is 0. The van der Waals surface area contributed by atoms with E-state index in [4.69, 9.17) is 13.1 Å². The number of hydrogen-bond acceptors (Lipinski definition) is 0. The number of alkyl halides is 6. The smallest absolute Gasteiger partial charge is 0.310 e. The molecule has 0 atom stereocenters. The molecule has 0 unspecified atom stereocenters. The van der Waals surface area contributed by atoms with E-state index in [-0.39, 0.29) is 0 Å². The fraction of sp³-hybridized carbons (Fsp3) is 0.0851. The maximum absolute atomic E-state index is 14.4. The van der Waals surface area contributed by atoms with E-state index in [1.165, 1.54) is 24.3 Å². The first-order valence-electron chi connectivity index (χ1n) is 34.9. The number of para-hydroxylation sites is 6. The summed E-state index contributed by atoms with van der Waals surface area (Å²) in [5.74, 6) is 0. The number of hydrogen-bond donors (Lipinski definition) is 0. The lowest BCUT2D eigenvalue weighted by Crippen LogP contribution is -2.07. The molecule has 18 aromatic rings. The highest BCUT2D eigenvalue weighted by Crippen LogP contribution is 2.50. The van der Waals surface area contributed by atoms with Gasteiger partial charge in [-0.2, -0.15) is 26.3 Å². The number of nitrogens with zero attached hydrogens (tertiary/aromatic N) is 6. The van der Waals surface area contributed by atoms with Crippen LogP contribution in [-0.2, 0) is 12.4 Å². The Morgan fingerprint density at radius 2 is 0.604 bits per heavy atom. The molecule has 0 saturated carbocycles. The Balaban J connectivity index is 0.000000156. The highest BCUT2D eigenvalue weighted by Gasteiger charge is 2.34. The van der Waals surface area contributed by atoms with Crippen LogP contribution >= 0.6 is 0 Å². The molecule has 12 heteroatoms. The molecule has 18 rings (SSSR count). The first-order chi connectivity index (χ1) is 51.2. The highest BCUT2D eigenvalue weighted by atomic mass is 19.4. The molecule has 14 aromatic carbocycles. The minimum absolute atomic E-state index is 0.461. The van der Waals surface area contributed by atoms with Crippen molar-refractivity contribution in [2.75, 3.05) is 0 Å². The van der Waals surface area contributed by atoms with Crippen LogP contribution < -0.4 is 0 Å². The lowest BCUT2D eigenvalue weighted by molar-refractivity contribution is -0.138. The Kier molecular flexibility index (Phi) is 15.8. The highest BCUT2D eigenvalue weighted by molar-refractivity contribution is 6.15. The Morgan fingerprint density at radius 3 is 1.08 bits per heavy atom. The standard InChI is InChI=1S/2C47H32F3N3/c1-28-16-20-43-39(24-28)35-10-5-7-14-41(35)52(43)45-27-33(51-4)18-19-37(45)38-13-9-12-34(31-22-30(3)23-32(26-31)47(48,49)50)46(38)53-42-15-8-6-11-36(42)40-25-29(2)17-21-44(40)53;1-28-16-19-37-35-10-5-7-14-41(35)52(44(37)24-28)43-21-18-33(51-4)27-40(43)39-13-9-12-34(31-22-30(3)23-32(26-31)47(48,49)50)46(39)53-42-15-8-6-11-36(42)38-20-17-29(2)25-45(38)53/h2*5-27H,1-3H3. The SMILES string of the molecule is [C-]#[N+]c1ccc(-c2cccc(-c3cc(C)cc(C(F)(F)F)c3)c2-n2c3ccccc3c3cc(C)ccc32)c(-n2c3ccccc3c3cc(C)ccc32)c1.[C-]#[N+]c1ccc(-n2c3ccccc3c3ccc(C)cc32)c(-c2cccc(-c3cc(C)cc(C(F)(F)F)c3)c2-n2c3ccccc3c3ccc(C)cc32)c1. The fourth-order valence-electron chi connectivity index (χ4n) is 16.0. The average molecular weight is 1390 g/mol. The molecule has 512 valence electrons. The molecule has 0 aliphatic rings. The summed E-state index contributed by atoms with van der Waals surface area (Å²) in [6.07, 6.45) is -9.03. The van der Waals surface area contributed by atoms with Gasteiger partial charge in [0.2, 0.25) is 0 Å². The molecule has 0 bridgehead atoms. The van der Waals surface area contributed by atoms with Crippen molar-refractivity contribution in [2.24, 2.45) is 0 Å². The van der Waals surface area contributed by atoms with E-state index in [0.29, 0.717) is 44.8 Å². The molecule has 0 saturated heterocycles. The maximum Gasteiger partial charge on any atom is 0.416 e. The van der Waals surface area contributed by atoms with Crippen LogP contribution in [0.2, 0.25) is 0 Å². The van der Waals surface area contributed by atoms with Gasteiger partial charge in [-0.25, -0.2) is 9.69 Å². The Labute approximate surface area is 607 Å². The third kappa shape index (κ3) is 11.1. The lowest BCUT2D eigenvalue weighted by Gasteiger charge is -2.22. The molecule has 4 aromatic heterocycles. The molecule has 0 amide bonds. The van der Waals surface area contributed by atoms with Gasteiger partial charge in [0.15, 0.2) is 11.4 Å². The number of benzene rings is 14. The molecular weight excluding hydrogens is 1330 g/mol. The van der Waals surface area contributed by atoms with Crippen LogP contribution in [-0.4, -0.2) is 18.3 Å². The van der Waals surface area contributed by atoms with E-state index in [1.807, 2.05) is 140 Å². The molecule has 0 radical (unpaired) electrons. The zero-order valence-electron chi connectivity index (χ0n) is 58.5. The predicted octanol–water partition coefficient (Wildman–Crippen LogP) is 27.4. The summed E-state index contributed by atoms with van der Waals surface area (Å²) >= 11 is 0. The normalized spacial score (nSPS) is 11.9. The van der Waals surface area contributed by atoms with Crippen molar-refractivity contribution in [1.29, 1.82) is 0 Å². The van der Waals surface area contributed by atoms with Gasteiger partial charge in [-0.1, -0.05) is 187 Å². The summed E-state index contributed by atoms with van der Waals surface area (Å²) in [6.45, 7) is 27.7. The molecule has 0 fully saturated rings. The molecule has 0 spiro atoms. The second-order valence-electron chi connectivity index (χ2n) is 27.7. The number of fused-ring (bicyclic) bond motifs is 12. The van der Waals surface area contributed by atoms with Gasteiger partial charge in [0, 0.05) is 76.6 Å². The lowest BCUT2D eigenvalue weighted by atomic mass is 9.92. The molecule has 0 aliphatic heterocycles. The van der Waals surface area contributed by atoms with Crippen molar-refractivity contribution in [3.8, 4) is 67.3 Å². The second kappa shape index (κ2) is 25.4. The molecular formula is C94H64F6N6. The van der Waals surface area contributed by atoms with E-state index < -0.39 is 23.5 Å². The van der Waals surface area contributed by atoms with E-state index in [9.17, 15) is 26.3 Å². The summed E-state index contributed by atoms with van der Waals surface area (Å²) in [6, 6.07) is 90.2. The molecule has 4 heterocycles. The molecule has 0 N–H and O–H groups in total. The minimum atomic E-state index is -4.52. The number of aryl methyl sites for hydroxylation is 6. The zero-order valence-corrected chi connectivity index (χ0v) is 58.5. The van der Waals surface area contributed by atoms with Crippen LogP contribution in [0.25, 0.3) is 164 Å². The van der Waals surface area contributed by atoms with E-state index in [0.717, 1.165) is 154 Å². The van der Waals surface area contributed by atoms with Crippen LogP contribution in [0.5, 0.6) is 0 Å². The number of aromatic nitrogens is 4. The van der Waals surface area contributed by atoms with Gasteiger partial charge >= 0.3 is 12.4 Å². The summed E-state index contributed by atoms with van der Waals surface area (Å²) in [4.78, 5) is 7.71. The van der Waals surface area contributed by atoms with Gasteiger partial charge in [0.05, 0.1) is 85.5 Å². The van der Waals surface area contributed by atoms with Gasteiger partial charge in [0.1, 0.15) is 0 Å². The Morgan fingerprint density at radius 1 is 0.245 bits per heavy atom. The molecule has 0 aliphatic carbocycles. The van der Waals surface area contributed by atoms with Crippen molar-refractivity contribution in [3.63, 3.8) is 0 Å². The topological polar surface area (TPSA) is 28.4 Å². The third-order valence-corrected chi connectivity index (χ3v) is 20.5. The van der Waals surface area contributed by atoms with Crippen molar-refractivity contribution in [3.05, 3.63) is 346 Å². The van der Waals surface area contributed by atoms with Gasteiger partial charge in [-0.15, -0.1) is 0 Å². The van der Waals surface area contributed by atoms with Crippen molar-refractivity contribution >= 4 is 98.6 Å². The quantitative estimate of drug-likeness (QED) is 0.107. The van der Waals surface area contributed by atoms with E-state index in [1.54, 1.807) is 13.8 Å². The van der Waals surface area contributed by atoms with Gasteiger partial charge in [-0.3, -0.25) is 0 Å². The van der Waals surface area contributed by atoms with Crippen LogP contribution in [0.15, 0.2) is 279 Å². The van der Waals surface area contributed by atoms with E-state index >= 15 is 0 Å². The Bertz CT molecular complexity index is 6790. The van der Waals surface area contributed by atoms with Gasteiger partial charge < -0.3 is 18.3 Å². The van der Waals surface area contributed by atoms with E-state index in [2.05, 4.69) is 170 Å². The van der Waals surface area contributed by atoms with Crippen molar-refractivity contribution < 1.29 is 26.3 Å². The summed E-state index contributed by atoms with van der Waals surface area (Å²) in [5.41, 5.74) is 21.5. The maximum atomic E-state index is 14.4. The van der Waals surface area contributed by atoms with Crippen LogP contribution in [0.4, 0.5) is 37.7 Å². The first-order valence-corrected chi connectivity index (χ1v) is 34.9. The zero-order chi connectivity index (χ0) is 73.2. The Hall–Kier alpha value is -13.2. The van der Waals surface area contributed by atoms with Crippen LogP contribution in [0, 0.1) is 54.7 Å². The number of rotatable bonds is 8. The summed E-state index contributed by atoms with van der Waals surface area (Å²) < 4.78 is 95.1. The van der Waals surface area contributed by atoms with Gasteiger partial charge in [0.25, 0.3) is 0 Å². The largest absolute Gasteiger partial charge is 0.416 e. The third-order valence-electron chi connectivity index (χ3n) is 20.5. The molecule has 6 nitrogen and oxygen atoms in total. The van der Waals surface area contributed by atoms with Crippen LogP contribution in [0.3, 0.4) is 0 Å². The average Bonchev–Trinajstić information content (AvgIpc) is 1.54. The van der Waals surface area contributed by atoms with Crippen molar-refractivity contribution in [1.82, 2.24) is 18.3 Å². The second-order valence-corrected chi connectivity index (χ2v) is 27.7. The monoisotopic (exact) mass is 1390 g/mol.